The number of carbonyl (C=O) groups excluding carboxylic acids is 1. The molecule has 2 aliphatic carbocycles. The van der Waals surface area contributed by atoms with Crippen molar-refractivity contribution in [2.24, 2.45) is 22.9 Å². The zero-order valence-corrected chi connectivity index (χ0v) is 39.0. The Balaban J connectivity index is 1.41. The third-order valence-electron chi connectivity index (χ3n) is 13.2. The van der Waals surface area contributed by atoms with E-state index in [2.05, 4.69) is 25.6 Å². The van der Waals surface area contributed by atoms with E-state index in [1.54, 1.807) is 32.4 Å². The van der Waals surface area contributed by atoms with Gasteiger partial charge >= 0.3 is 0 Å². The lowest BCUT2D eigenvalue weighted by atomic mass is 9.56. The third kappa shape index (κ3) is 13.4. The molecule has 6 atom stereocenters. The molecule has 1 saturated carbocycles. The predicted molar refractivity (Wildman–Crippen MR) is 253 cm³/mol. The molecule has 2 N–H and O–H groups in total. The maximum absolute atomic E-state index is 11.9. The maximum Gasteiger partial charge on any atom is 0.230 e. The van der Waals surface area contributed by atoms with Gasteiger partial charge in [0.2, 0.25) is 5.79 Å². The molecule has 9 nitrogen and oxygen atoms in total. The molecule has 1 heterocycles. The highest BCUT2D eigenvalue weighted by Crippen LogP contribution is 2.62. The minimum atomic E-state index is -0.992. The number of benzene rings is 2. The van der Waals surface area contributed by atoms with Gasteiger partial charge in [0.05, 0.1) is 36.2 Å². The first-order valence-corrected chi connectivity index (χ1v) is 25.1. The molecule has 344 valence electrons. The van der Waals surface area contributed by atoms with Gasteiger partial charge in [-0.2, -0.15) is 11.8 Å². The number of allylic oxidation sites excluding steroid dienone is 1. The molecule has 3 aliphatic rings. The van der Waals surface area contributed by atoms with Crippen LogP contribution in [0.25, 0.3) is 0 Å². The standard InChI is InChI=1S/C52H77NO8S/c1-5-7-8-9-10-11-12-13-14-15-16-17-18-23-33-62-49-37-46(53-58-4)44-35-39(24-19-21-30-54)43(25-20-22-31-55)50-45-36-42(60-41-26-28-47(57-3)40(34-41)38-56)27-29-48(45)61-52(49,51(44)50)59-32-6-2/h6,26-29,34-36,38-39,43,49-51,54-55H,2,5,7-25,30-33,37H2,1,3-4H3/t39-,43+,49-,50+,51+,52+/m0/s1. The lowest BCUT2D eigenvalue weighted by Gasteiger charge is -2.58. The largest absolute Gasteiger partial charge is 0.496 e. The summed E-state index contributed by atoms with van der Waals surface area (Å²) in [5.74, 6) is 2.61. The van der Waals surface area contributed by atoms with Gasteiger partial charge in [-0.1, -0.05) is 121 Å². The van der Waals surface area contributed by atoms with Crippen LogP contribution in [-0.2, 0) is 9.57 Å². The van der Waals surface area contributed by atoms with E-state index in [9.17, 15) is 15.0 Å². The van der Waals surface area contributed by atoms with E-state index >= 15 is 0 Å². The number of carbonyl (C=O) groups is 1. The highest BCUT2D eigenvalue weighted by molar-refractivity contribution is 8.00. The minimum Gasteiger partial charge on any atom is -0.496 e. The molecule has 0 unspecified atom stereocenters. The monoisotopic (exact) mass is 876 g/mol. The molecular weight excluding hydrogens is 799 g/mol. The summed E-state index contributed by atoms with van der Waals surface area (Å²) in [5, 5.41) is 24.4. The number of unbranched alkanes of at least 4 members (excludes halogenated alkanes) is 15. The second-order valence-corrected chi connectivity index (χ2v) is 18.8. The summed E-state index contributed by atoms with van der Waals surface area (Å²) in [4.78, 5) is 17.5. The van der Waals surface area contributed by atoms with Crippen molar-refractivity contribution in [3.8, 4) is 23.0 Å². The lowest BCUT2D eigenvalue weighted by Crippen LogP contribution is -2.64. The predicted octanol–water partition coefficient (Wildman–Crippen LogP) is 12.8. The Hall–Kier alpha value is -3.31. The summed E-state index contributed by atoms with van der Waals surface area (Å²) in [7, 11) is 3.17. The van der Waals surface area contributed by atoms with Crippen LogP contribution in [0.2, 0.25) is 0 Å². The number of hydrogen-bond donors (Lipinski definition) is 2. The molecule has 2 aromatic rings. The van der Waals surface area contributed by atoms with Crippen molar-refractivity contribution in [2.45, 2.75) is 159 Å². The van der Waals surface area contributed by atoms with Crippen LogP contribution in [0.1, 0.15) is 164 Å². The number of rotatable bonds is 32. The summed E-state index contributed by atoms with van der Waals surface area (Å²) >= 11 is 1.94. The minimum absolute atomic E-state index is 0.0298. The van der Waals surface area contributed by atoms with Crippen LogP contribution in [0.15, 0.2) is 65.9 Å². The first-order valence-electron chi connectivity index (χ1n) is 24.0. The van der Waals surface area contributed by atoms with Crippen molar-refractivity contribution < 1.29 is 38.8 Å². The smallest absolute Gasteiger partial charge is 0.230 e. The van der Waals surface area contributed by atoms with Gasteiger partial charge in [-0.15, -0.1) is 6.58 Å². The van der Waals surface area contributed by atoms with Gasteiger partial charge in [0, 0.05) is 31.1 Å². The van der Waals surface area contributed by atoms with Gasteiger partial charge in [-0.05, 0) is 91.7 Å². The number of aliphatic hydroxyl groups excluding tert-OH is 2. The van der Waals surface area contributed by atoms with Crippen LogP contribution in [0, 0.1) is 17.8 Å². The van der Waals surface area contributed by atoms with Crippen molar-refractivity contribution in [1.29, 1.82) is 0 Å². The Kier molecular flexibility index (Phi) is 21.7. The second kappa shape index (κ2) is 27.1. The fourth-order valence-corrected chi connectivity index (χ4v) is 11.6. The molecule has 1 aliphatic heterocycles. The average Bonchev–Trinajstić information content (AvgIpc) is 3.29. The normalized spacial score (nSPS) is 23.2. The molecule has 0 aromatic heterocycles. The Bertz CT molecular complexity index is 1710. The zero-order chi connectivity index (χ0) is 44.0. The maximum atomic E-state index is 11.9. The average molecular weight is 876 g/mol. The molecule has 62 heavy (non-hydrogen) atoms. The molecule has 5 rings (SSSR count). The first kappa shape index (κ1) is 49.7. The molecule has 10 heteroatoms. The molecule has 0 amide bonds. The molecule has 1 fully saturated rings. The van der Waals surface area contributed by atoms with Crippen molar-refractivity contribution in [3.63, 3.8) is 0 Å². The van der Waals surface area contributed by atoms with E-state index in [0.29, 0.717) is 35.8 Å². The van der Waals surface area contributed by atoms with E-state index in [-0.39, 0.29) is 42.1 Å². The molecule has 0 saturated heterocycles. The molecule has 0 radical (unpaired) electrons. The van der Waals surface area contributed by atoms with E-state index in [1.807, 2.05) is 30.0 Å². The summed E-state index contributed by atoms with van der Waals surface area (Å²) in [6, 6.07) is 11.3. The number of aliphatic hydroxyl groups is 2. The fourth-order valence-electron chi connectivity index (χ4n) is 10.2. The summed E-state index contributed by atoms with van der Waals surface area (Å²) in [6.45, 7) is 6.99. The van der Waals surface area contributed by atoms with E-state index in [0.717, 1.165) is 79.6 Å². The van der Waals surface area contributed by atoms with Gasteiger partial charge in [-0.25, -0.2) is 0 Å². The van der Waals surface area contributed by atoms with Gasteiger partial charge < -0.3 is 34.0 Å². The number of aldehydes is 1. The Labute approximate surface area is 377 Å². The number of hydrogen-bond acceptors (Lipinski definition) is 10. The van der Waals surface area contributed by atoms with Gasteiger partial charge in [0.25, 0.3) is 0 Å². The van der Waals surface area contributed by atoms with Crippen LogP contribution < -0.4 is 14.2 Å². The van der Waals surface area contributed by atoms with Gasteiger partial charge in [0.1, 0.15) is 30.1 Å². The van der Waals surface area contributed by atoms with Crippen LogP contribution in [0.4, 0.5) is 0 Å². The topological polar surface area (TPSA) is 116 Å². The molecule has 0 spiro atoms. The molecule has 2 aromatic carbocycles. The number of oxime groups is 1. The highest BCUT2D eigenvalue weighted by Gasteiger charge is 2.64. The third-order valence-corrected chi connectivity index (χ3v) is 14.6. The highest BCUT2D eigenvalue weighted by atomic mass is 32.2. The summed E-state index contributed by atoms with van der Waals surface area (Å²) in [5.41, 5.74) is 3.52. The lowest BCUT2D eigenvalue weighted by molar-refractivity contribution is -0.223. The van der Waals surface area contributed by atoms with Gasteiger partial charge in [0.15, 0.2) is 6.29 Å². The van der Waals surface area contributed by atoms with E-state index < -0.39 is 5.79 Å². The Morgan fingerprint density at radius 3 is 2.11 bits per heavy atom. The van der Waals surface area contributed by atoms with E-state index in [1.165, 1.54) is 83.5 Å². The Morgan fingerprint density at radius 2 is 1.48 bits per heavy atom. The first-order chi connectivity index (χ1) is 30.5. The van der Waals surface area contributed by atoms with Crippen LogP contribution in [0.3, 0.4) is 0 Å². The molecular formula is C52H77NO8S. The summed E-state index contributed by atoms with van der Waals surface area (Å²) in [6.07, 6.45) is 29.4. The van der Waals surface area contributed by atoms with Crippen molar-refractivity contribution >= 4 is 23.8 Å². The van der Waals surface area contributed by atoms with Crippen LogP contribution in [-0.4, -0.2) is 73.0 Å². The number of thioether (sulfide) groups is 1. The molecule has 0 bridgehead atoms. The second-order valence-electron chi connectivity index (χ2n) is 17.5. The number of nitrogens with zero attached hydrogens (tertiary/aromatic N) is 1. The fraction of sp³-hybridized carbons (Fsp3) is 0.654. The van der Waals surface area contributed by atoms with Crippen molar-refractivity contribution in [1.82, 2.24) is 0 Å². The number of methoxy groups -OCH3 is 1. The van der Waals surface area contributed by atoms with Crippen molar-refractivity contribution in [3.05, 3.63) is 71.8 Å². The van der Waals surface area contributed by atoms with Gasteiger partial charge in [-0.3, -0.25) is 4.79 Å². The van der Waals surface area contributed by atoms with Crippen LogP contribution >= 0.6 is 11.8 Å². The van der Waals surface area contributed by atoms with E-state index in [4.69, 9.17) is 28.9 Å². The van der Waals surface area contributed by atoms with Crippen LogP contribution in [0.5, 0.6) is 23.0 Å². The SMILES string of the molecule is C=CCO[C@@]12Oc3ccc(Oc4ccc(OC)c(C=O)c4)cc3[C@H]3[C@H](CCCCO)[C@@H](CCCCO)C=C(C(=NOC)C[C@@H]1SCCCCCCCCCCCCCCCC)[C@H]32. The number of ether oxygens (including phenoxy) is 4. The summed E-state index contributed by atoms with van der Waals surface area (Å²) < 4.78 is 26.3. The quantitative estimate of drug-likeness (QED) is 0.0321. The Morgan fingerprint density at radius 1 is 0.839 bits per heavy atom. The number of fused-ring (bicyclic) bond motifs is 2. The van der Waals surface area contributed by atoms with Crippen molar-refractivity contribution in [2.75, 3.05) is 39.8 Å². The zero-order valence-electron chi connectivity index (χ0n) is 38.2.